The lowest BCUT2D eigenvalue weighted by molar-refractivity contribution is 0.192. The van der Waals surface area contributed by atoms with Crippen LogP contribution in [0.15, 0.2) is 18.2 Å². The summed E-state index contributed by atoms with van der Waals surface area (Å²) in [6.07, 6.45) is 3.62. The van der Waals surface area contributed by atoms with Gasteiger partial charge in [0.15, 0.2) is 0 Å². The van der Waals surface area contributed by atoms with Gasteiger partial charge in [0.1, 0.15) is 30.1 Å². The highest BCUT2D eigenvalue weighted by Crippen LogP contribution is 2.27. The van der Waals surface area contributed by atoms with Gasteiger partial charge in [-0.2, -0.15) is 0 Å². The van der Waals surface area contributed by atoms with Gasteiger partial charge >= 0.3 is 0 Å². The lowest BCUT2D eigenvalue weighted by Gasteiger charge is -2.24. The number of carbonyl (C=O) groups excluding carboxylic acids is 1. The third kappa shape index (κ3) is 8.64. The van der Waals surface area contributed by atoms with E-state index >= 15 is 0 Å². The van der Waals surface area contributed by atoms with E-state index in [4.69, 9.17) is 9.47 Å². The maximum absolute atomic E-state index is 11.4. The Morgan fingerprint density at radius 1 is 1.11 bits per heavy atom. The van der Waals surface area contributed by atoms with Gasteiger partial charge in [0, 0.05) is 17.6 Å². The van der Waals surface area contributed by atoms with Gasteiger partial charge in [0.25, 0.3) is 5.24 Å². The Labute approximate surface area is 171 Å². The Bertz CT molecular complexity index is 589. The number of aliphatic hydroxyl groups excluding tert-OH is 1. The first kappa shape index (κ1) is 23.9. The molecule has 3 unspecified atom stereocenters. The van der Waals surface area contributed by atoms with Gasteiger partial charge in [-0.15, -0.1) is 11.8 Å². The van der Waals surface area contributed by atoms with Crippen LogP contribution in [0.5, 0.6) is 11.5 Å². The normalized spacial score (nSPS) is 15.5. The lowest BCUT2D eigenvalue weighted by Crippen LogP contribution is -2.43. The highest BCUT2D eigenvalue weighted by atomic mass is 32.2. The first-order chi connectivity index (χ1) is 12.8. The number of ether oxygens (including phenoxy) is 2. The van der Waals surface area contributed by atoms with Crippen LogP contribution in [-0.2, 0) is 0 Å². The highest BCUT2D eigenvalue weighted by molar-refractivity contribution is 8.12. The van der Waals surface area contributed by atoms with Gasteiger partial charge in [0.05, 0.1) is 6.04 Å². The third-order valence-corrected chi connectivity index (χ3v) is 5.36. The zero-order valence-corrected chi connectivity index (χ0v) is 18.6. The Hall–Kier alpha value is -1.09. The minimum atomic E-state index is -0.445. The Morgan fingerprint density at radius 2 is 1.67 bits per heavy atom. The Morgan fingerprint density at radius 3 is 2.19 bits per heavy atom. The fourth-order valence-corrected chi connectivity index (χ4v) is 3.23. The second kappa shape index (κ2) is 12.4. The summed E-state index contributed by atoms with van der Waals surface area (Å²) in [6, 6.07) is 5.68. The highest BCUT2D eigenvalue weighted by Gasteiger charge is 2.16. The van der Waals surface area contributed by atoms with Crippen molar-refractivity contribution in [3.63, 3.8) is 0 Å². The molecule has 0 bridgehead atoms. The molecule has 0 saturated carbocycles. The van der Waals surface area contributed by atoms with Crippen LogP contribution in [0.3, 0.4) is 0 Å². The van der Waals surface area contributed by atoms with E-state index in [2.05, 4.69) is 10.6 Å². The van der Waals surface area contributed by atoms with E-state index in [1.54, 1.807) is 6.26 Å². The fourth-order valence-electron chi connectivity index (χ4n) is 2.42. The molecule has 27 heavy (non-hydrogen) atoms. The van der Waals surface area contributed by atoms with Crippen molar-refractivity contribution < 1.29 is 19.4 Å². The molecule has 1 amide bonds. The molecule has 154 valence electrons. The number of nitrogens with one attached hydrogen (secondary N) is 2. The molecule has 0 fully saturated rings. The van der Waals surface area contributed by atoms with Crippen LogP contribution in [0.2, 0.25) is 0 Å². The summed E-state index contributed by atoms with van der Waals surface area (Å²) in [6.45, 7) is 8.70. The van der Waals surface area contributed by atoms with Crippen molar-refractivity contribution in [2.24, 2.45) is 0 Å². The van der Waals surface area contributed by atoms with Gasteiger partial charge in [-0.3, -0.25) is 4.79 Å². The van der Waals surface area contributed by atoms with Crippen LogP contribution in [0.1, 0.15) is 26.3 Å². The van der Waals surface area contributed by atoms with Crippen molar-refractivity contribution in [2.45, 2.75) is 51.3 Å². The van der Waals surface area contributed by atoms with Crippen molar-refractivity contribution >= 4 is 28.8 Å². The average Bonchev–Trinajstić information content (AvgIpc) is 2.65. The van der Waals surface area contributed by atoms with Crippen LogP contribution in [0.4, 0.5) is 4.79 Å². The van der Waals surface area contributed by atoms with Crippen molar-refractivity contribution in [1.82, 2.24) is 10.6 Å². The van der Waals surface area contributed by atoms with E-state index in [0.29, 0.717) is 13.2 Å². The second-order valence-electron chi connectivity index (χ2n) is 6.52. The van der Waals surface area contributed by atoms with Gasteiger partial charge < -0.3 is 25.2 Å². The van der Waals surface area contributed by atoms with Crippen molar-refractivity contribution in [3.05, 3.63) is 23.8 Å². The summed E-state index contributed by atoms with van der Waals surface area (Å²) < 4.78 is 11.8. The molecule has 0 aromatic heterocycles. The van der Waals surface area contributed by atoms with E-state index in [1.807, 2.05) is 52.1 Å². The largest absolute Gasteiger partial charge is 0.492 e. The summed E-state index contributed by atoms with van der Waals surface area (Å²) in [4.78, 5) is 11.4. The Balaban J connectivity index is 2.56. The molecule has 0 radical (unpaired) electrons. The number of aliphatic hydroxyl groups is 1. The summed E-state index contributed by atoms with van der Waals surface area (Å²) >= 11 is 2.56. The van der Waals surface area contributed by atoms with E-state index in [0.717, 1.165) is 28.8 Å². The SMILES string of the molecule is CSC(=O)N[C@@H](C)COc1cccc(OCC(C)NC(C)C(O)SC)c1C. The molecular weight excluding hydrogens is 384 g/mol. The predicted octanol–water partition coefficient (Wildman–Crippen LogP) is 3.26. The summed E-state index contributed by atoms with van der Waals surface area (Å²) in [5.74, 6) is 1.50. The minimum absolute atomic E-state index is 0.0210. The third-order valence-electron chi connectivity index (χ3n) is 3.98. The first-order valence-electron chi connectivity index (χ1n) is 8.95. The van der Waals surface area contributed by atoms with Crippen molar-refractivity contribution in [3.8, 4) is 11.5 Å². The van der Waals surface area contributed by atoms with Crippen LogP contribution < -0.4 is 20.1 Å². The molecule has 1 aromatic rings. The average molecular weight is 417 g/mol. The molecule has 3 N–H and O–H groups in total. The summed E-state index contributed by atoms with van der Waals surface area (Å²) in [5.41, 5.74) is 0.477. The van der Waals surface area contributed by atoms with Gasteiger partial charge in [-0.05, 0) is 52.3 Å². The summed E-state index contributed by atoms with van der Waals surface area (Å²) in [5, 5.41) is 15.9. The zero-order valence-electron chi connectivity index (χ0n) is 16.9. The molecule has 0 aliphatic rings. The van der Waals surface area contributed by atoms with E-state index < -0.39 is 5.44 Å². The molecule has 8 heteroatoms. The number of rotatable bonds is 11. The van der Waals surface area contributed by atoms with Crippen LogP contribution in [0, 0.1) is 6.92 Å². The number of hydrogen-bond acceptors (Lipinski definition) is 7. The van der Waals surface area contributed by atoms with Crippen LogP contribution in [-0.4, -0.2) is 59.6 Å². The van der Waals surface area contributed by atoms with E-state index in [1.165, 1.54) is 11.8 Å². The van der Waals surface area contributed by atoms with E-state index in [9.17, 15) is 9.90 Å². The minimum Gasteiger partial charge on any atom is -0.492 e. The molecule has 1 rings (SSSR count). The van der Waals surface area contributed by atoms with E-state index in [-0.39, 0.29) is 23.4 Å². The quantitative estimate of drug-likeness (QED) is 0.478. The standard InChI is InChI=1S/C19H32N2O4S2/c1-12(20-15(4)18(22)26-5)10-24-16-8-7-9-17(14(16)3)25-11-13(2)21-19(23)27-6/h7-9,12-13,15,18,20,22H,10-11H2,1-6H3,(H,21,23)/t12?,13-,15?,18?/m0/s1. The topological polar surface area (TPSA) is 79.8 Å². The molecule has 0 spiro atoms. The number of benzene rings is 1. The molecule has 1 aromatic carbocycles. The molecule has 4 atom stereocenters. The molecule has 0 heterocycles. The number of thioether (sulfide) groups is 2. The monoisotopic (exact) mass is 416 g/mol. The van der Waals surface area contributed by atoms with Gasteiger partial charge in [-0.25, -0.2) is 0 Å². The molecular formula is C19H32N2O4S2. The predicted molar refractivity (Wildman–Crippen MR) is 115 cm³/mol. The van der Waals surface area contributed by atoms with Gasteiger partial charge in [0.2, 0.25) is 0 Å². The maximum atomic E-state index is 11.4. The fraction of sp³-hybridized carbons (Fsp3) is 0.632. The zero-order chi connectivity index (χ0) is 20.4. The number of carbonyl (C=O) groups is 1. The van der Waals surface area contributed by atoms with Crippen molar-refractivity contribution in [1.29, 1.82) is 0 Å². The van der Waals surface area contributed by atoms with Crippen molar-refractivity contribution in [2.75, 3.05) is 25.7 Å². The van der Waals surface area contributed by atoms with Crippen LogP contribution in [0.25, 0.3) is 0 Å². The second-order valence-corrected chi connectivity index (χ2v) is 8.25. The lowest BCUT2D eigenvalue weighted by atomic mass is 10.2. The smallest absolute Gasteiger partial charge is 0.279 e. The Kier molecular flexibility index (Phi) is 11.0. The summed E-state index contributed by atoms with van der Waals surface area (Å²) in [7, 11) is 0. The maximum Gasteiger partial charge on any atom is 0.279 e. The molecule has 0 saturated heterocycles. The van der Waals surface area contributed by atoms with Gasteiger partial charge in [-0.1, -0.05) is 17.8 Å². The van der Waals surface area contributed by atoms with Crippen LogP contribution >= 0.6 is 23.5 Å². The number of amides is 1. The molecule has 0 aliphatic carbocycles. The molecule has 0 aliphatic heterocycles. The number of hydrogen-bond donors (Lipinski definition) is 3. The molecule has 6 nitrogen and oxygen atoms in total. The first-order valence-corrected chi connectivity index (χ1v) is 11.5.